The Kier molecular flexibility index (Phi) is 10.4. The number of hydrogen-bond donors (Lipinski definition) is 0. The van der Waals surface area contributed by atoms with Crippen molar-refractivity contribution in [2.75, 3.05) is 18.5 Å². The van der Waals surface area contributed by atoms with Crippen LogP contribution in [0.15, 0.2) is 54.6 Å². The summed E-state index contributed by atoms with van der Waals surface area (Å²) in [6.45, 7) is 6.95. The summed E-state index contributed by atoms with van der Waals surface area (Å²) in [6.07, 6.45) is 10.9. The fourth-order valence-corrected chi connectivity index (χ4v) is 8.11. The Morgan fingerprint density at radius 2 is 1.46 bits per heavy atom. The molecule has 0 saturated heterocycles. The van der Waals surface area contributed by atoms with E-state index in [4.69, 9.17) is 16.1 Å². The van der Waals surface area contributed by atoms with E-state index in [0.29, 0.717) is 5.92 Å². The third-order valence-corrected chi connectivity index (χ3v) is 9.66. The first kappa shape index (κ1) is 23.2. The Balaban J connectivity index is 2.11. The summed E-state index contributed by atoms with van der Waals surface area (Å²) in [5.41, 5.74) is 1.44. The van der Waals surface area contributed by atoms with Gasteiger partial charge in [-0.3, -0.25) is 0 Å². The third kappa shape index (κ3) is 7.76. The summed E-state index contributed by atoms with van der Waals surface area (Å²) in [7, 11) is -1.52. The fraction of sp³-hybridized carbons (Fsp3) is 0.520. The van der Waals surface area contributed by atoms with Gasteiger partial charge in [0.15, 0.2) is 13.2 Å². The van der Waals surface area contributed by atoms with Crippen LogP contribution in [0.1, 0.15) is 58.4 Å². The van der Waals surface area contributed by atoms with Gasteiger partial charge in [0, 0.05) is 0 Å². The second-order valence-electron chi connectivity index (χ2n) is 8.04. The molecule has 0 aliphatic carbocycles. The lowest BCUT2D eigenvalue weighted by Gasteiger charge is -2.28. The summed E-state index contributed by atoms with van der Waals surface area (Å²) < 4.78 is 6.82. The predicted molar refractivity (Wildman–Crippen MR) is 127 cm³/mol. The Bertz CT molecular complexity index is 665. The highest BCUT2D eigenvalue weighted by molar-refractivity contribution is 7.71. The van der Waals surface area contributed by atoms with E-state index in [0.717, 1.165) is 17.2 Å². The Morgan fingerprint density at radius 3 is 2.07 bits per heavy atom. The van der Waals surface area contributed by atoms with Gasteiger partial charge in [0.1, 0.15) is 0 Å². The van der Waals surface area contributed by atoms with Gasteiger partial charge >= 0.3 is 0 Å². The number of unbranched alkanes of at least 4 members (excludes halogenated alkanes) is 2. The van der Waals surface area contributed by atoms with Crippen LogP contribution in [-0.4, -0.2) is 18.5 Å². The minimum atomic E-state index is -1.52. The van der Waals surface area contributed by atoms with Gasteiger partial charge in [-0.15, -0.1) is 0 Å². The first-order chi connectivity index (χ1) is 13.6. The molecular weight excluding hydrogens is 383 g/mol. The lowest BCUT2D eigenvalue weighted by Crippen LogP contribution is -2.17. The SMILES string of the molecule is CCCC[P+](CCCC)(CCC(C)Cc1ccccc1)Oc1ccccc1Cl. The summed E-state index contributed by atoms with van der Waals surface area (Å²) in [6, 6.07) is 18.9. The highest BCUT2D eigenvalue weighted by Gasteiger charge is 2.40. The van der Waals surface area contributed by atoms with Gasteiger partial charge < -0.3 is 4.52 Å². The van der Waals surface area contributed by atoms with Crippen LogP contribution >= 0.6 is 19.1 Å². The largest absolute Gasteiger partial charge is 0.349 e. The van der Waals surface area contributed by atoms with Crippen LogP contribution in [0, 0.1) is 5.92 Å². The zero-order valence-electron chi connectivity index (χ0n) is 17.9. The number of rotatable bonds is 13. The van der Waals surface area contributed by atoms with Crippen molar-refractivity contribution in [3.05, 3.63) is 65.2 Å². The van der Waals surface area contributed by atoms with Crippen molar-refractivity contribution in [1.82, 2.24) is 0 Å². The zero-order chi connectivity index (χ0) is 20.2. The van der Waals surface area contributed by atoms with Gasteiger partial charge in [-0.2, -0.15) is 0 Å². The molecule has 0 radical (unpaired) electrons. The number of benzene rings is 2. The van der Waals surface area contributed by atoms with Crippen molar-refractivity contribution in [2.45, 2.75) is 59.3 Å². The molecule has 0 fully saturated rings. The van der Waals surface area contributed by atoms with Gasteiger partial charge in [0.25, 0.3) is 0 Å². The summed E-state index contributed by atoms with van der Waals surface area (Å²) >= 11 is 6.46. The molecule has 0 spiro atoms. The molecule has 0 aromatic heterocycles. The average molecular weight is 420 g/mol. The maximum atomic E-state index is 6.82. The molecule has 2 aromatic carbocycles. The Morgan fingerprint density at radius 1 is 0.857 bits per heavy atom. The van der Waals surface area contributed by atoms with E-state index in [1.807, 2.05) is 24.3 Å². The minimum Gasteiger partial charge on any atom is -0.349 e. The Hall–Kier alpha value is -1.04. The van der Waals surface area contributed by atoms with E-state index in [-0.39, 0.29) is 0 Å². The van der Waals surface area contributed by atoms with E-state index in [2.05, 4.69) is 51.1 Å². The second kappa shape index (κ2) is 12.5. The monoisotopic (exact) mass is 419 g/mol. The first-order valence-electron chi connectivity index (χ1n) is 10.9. The number of hydrogen-bond acceptors (Lipinski definition) is 1. The lowest BCUT2D eigenvalue weighted by atomic mass is 9.99. The molecule has 1 unspecified atom stereocenters. The van der Waals surface area contributed by atoms with Crippen molar-refractivity contribution in [2.24, 2.45) is 5.92 Å². The molecular formula is C25H37ClOP+. The molecule has 1 atom stereocenters. The van der Waals surface area contributed by atoms with E-state index in [1.54, 1.807) is 0 Å². The molecule has 0 N–H and O–H groups in total. The van der Waals surface area contributed by atoms with Crippen molar-refractivity contribution >= 4 is 19.1 Å². The third-order valence-electron chi connectivity index (χ3n) is 5.42. The average Bonchev–Trinajstić information content (AvgIpc) is 2.71. The molecule has 1 nitrogen and oxygen atoms in total. The maximum Gasteiger partial charge on any atom is 0.191 e. The molecule has 28 heavy (non-hydrogen) atoms. The summed E-state index contributed by atoms with van der Waals surface area (Å²) in [5, 5.41) is 0.747. The molecule has 0 saturated carbocycles. The normalized spacial score (nSPS) is 12.7. The highest BCUT2D eigenvalue weighted by Crippen LogP contribution is 2.62. The van der Waals surface area contributed by atoms with Crippen LogP contribution in [0.5, 0.6) is 5.75 Å². The van der Waals surface area contributed by atoms with Crippen molar-refractivity contribution in [3.8, 4) is 5.75 Å². The molecule has 0 aliphatic rings. The van der Waals surface area contributed by atoms with Gasteiger partial charge in [0.2, 0.25) is 0 Å². The molecule has 0 amide bonds. The van der Waals surface area contributed by atoms with E-state index < -0.39 is 7.49 Å². The number of halogens is 1. The fourth-order valence-electron chi connectivity index (χ4n) is 3.67. The van der Waals surface area contributed by atoms with Gasteiger partial charge in [-0.1, -0.05) is 87.7 Å². The predicted octanol–water partition coefficient (Wildman–Crippen LogP) is 8.52. The molecule has 2 aromatic rings. The maximum absolute atomic E-state index is 6.82. The highest BCUT2D eigenvalue weighted by atomic mass is 35.5. The van der Waals surface area contributed by atoms with Crippen molar-refractivity contribution in [1.29, 1.82) is 0 Å². The van der Waals surface area contributed by atoms with Gasteiger partial charge in [-0.25, -0.2) is 0 Å². The van der Waals surface area contributed by atoms with Gasteiger partial charge in [0.05, 0.1) is 23.5 Å². The first-order valence-corrected chi connectivity index (χ1v) is 13.6. The van der Waals surface area contributed by atoms with Crippen LogP contribution in [0.4, 0.5) is 0 Å². The van der Waals surface area contributed by atoms with E-state index in [9.17, 15) is 0 Å². The van der Waals surface area contributed by atoms with Crippen molar-refractivity contribution < 1.29 is 4.52 Å². The van der Waals surface area contributed by atoms with Crippen LogP contribution < -0.4 is 4.52 Å². The molecule has 3 heteroatoms. The van der Waals surface area contributed by atoms with Gasteiger partial charge in [-0.05, 0) is 49.3 Å². The smallest absolute Gasteiger partial charge is 0.191 e. The summed E-state index contributed by atoms with van der Waals surface area (Å²) in [4.78, 5) is 0. The standard InChI is InChI=1S/C25H37ClOP/c1-4-6-18-28(19-7-5-2,27-25-16-12-11-15-24(25)26)20-17-22(3)21-23-13-9-8-10-14-23/h8-16,22H,4-7,17-21H2,1-3H3/q+1. The minimum absolute atomic E-state index is 0.667. The quantitative estimate of drug-likeness (QED) is 0.295. The van der Waals surface area contributed by atoms with Crippen LogP contribution in [-0.2, 0) is 6.42 Å². The molecule has 2 rings (SSSR count). The molecule has 0 bridgehead atoms. The molecule has 154 valence electrons. The topological polar surface area (TPSA) is 9.23 Å². The molecule has 0 heterocycles. The number of para-hydroxylation sites is 1. The lowest BCUT2D eigenvalue weighted by molar-refractivity contribution is 0.533. The molecule has 0 aliphatic heterocycles. The summed E-state index contributed by atoms with van der Waals surface area (Å²) in [5.74, 6) is 1.56. The van der Waals surface area contributed by atoms with Crippen LogP contribution in [0.2, 0.25) is 5.02 Å². The zero-order valence-corrected chi connectivity index (χ0v) is 19.5. The van der Waals surface area contributed by atoms with E-state index in [1.165, 1.54) is 56.2 Å². The van der Waals surface area contributed by atoms with Crippen molar-refractivity contribution in [3.63, 3.8) is 0 Å². The van der Waals surface area contributed by atoms with Crippen LogP contribution in [0.3, 0.4) is 0 Å². The van der Waals surface area contributed by atoms with Crippen LogP contribution in [0.25, 0.3) is 0 Å². The van der Waals surface area contributed by atoms with E-state index >= 15 is 0 Å². The second-order valence-corrected chi connectivity index (χ2v) is 12.1. The Labute approximate surface area is 178 Å².